The molecule has 3 rings (SSSR count). The van der Waals surface area contributed by atoms with Gasteiger partial charge in [-0.05, 0) is 31.9 Å². The molecule has 2 aromatic rings. The molecule has 1 N–H and O–H groups in total. The Bertz CT molecular complexity index is 692. The third-order valence-electron chi connectivity index (χ3n) is 4.06. The summed E-state index contributed by atoms with van der Waals surface area (Å²) < 4.78 is 10.5. The van der Waals surface area contributed by atoms with Crippen molar-refractivity contribution in [3.8, 4) is 5.88 Å². The van der Waals surface area contributed by atoms with E-state index in [1.54, 1.807) is 25.3 Å². The van der Waals surface area contributed by atoms with Crippen LogP contribution in [0.4, 0.5) is 0 Å². The van der Waals surface area contributed by atoms with Gasteiger partial charge in [0.25, 0.3) is 5.91 Å². The molecule has 7 nitrogen and oxygen atoms in total. The number of carbonyl (C=O) groups is 1. The molecule has 1 amide bonds. The van der Waals surface area contributed by atoms with Crippen molar-refractivity contribution in [1.29, 1.82) is 0 Å². The van der Waals surface area contributed by atoms with Crippen LogP contribution >= 0.6 is 0 Å². The first kappa shape index (κ1) is 15.5. The van der Waals surface area contributed by atoms with Crippen LogP contribution in [-0.2, 0) is 5.54 Å². The molecule has 0 spiro atoms. The normalized spacial score (nSPS) is 16.3. The number of amides is 1. The molecule has 0 aromatic carbocycles. The largest absolute Gasteiger partial charge is 0.477 e. The van der Waals surface area contributed by atoms with Crippen LogP contribution in [0, 0.1) is 6.92 Å². The number of nitrogens with zero attached hydrogens (tertiary/aromatic N) is 3. The first-order valence-electron chi connectivity index (χ1n) is 7.86. The van der Waals surface area contributed by atoms with Gasteiger partial charge in [-0.3, -0.25) is 4.79 Å². The smallest absolute Gasteiger partial charge is 0.257 e. The monoisotopic (exact) mass is 316 g/mol. The Kier molecular flexibility index (Phi) is 4.27. The highest BCUT2D eigenvalue weighted by atomic mass is 16.5. The molecule has 0 aliphatic heterocycles. The van der Waals surface area contributed by atoms with E-state index in [1.807, 2.05) is 6.92 Å². The van der Waals surface area contributed by atoms with E-state index >= 15 is 0 Å². The lowest BCUT2D eigenvalue weighted by Gasteiger charge is -2.27. The van der Waals surface area contributed by atoms with Crippen molar-refractivity contribution in [3.63, 3.8) is 0 Å². The maximum Gasteiger partial charge on any atom is 0.257 e. The molecule has 0 radical (unpaired) electrons. The van der Waals surface area contributed by atoms with Crippen LogP contribution in [-0.4, -0.2) is 27.6 Å². The van der Waals surface area contributed by atoms with Crippen molar-refractivity contribution in [1.82, 2.24) is 20.4 Å². The molecule has 1 aliphatic carbocycles. The van der Waals surface area contributed by atoms with Crippen LogP contribution in [0.25, 0.3) is 0 Å². The highest BCUT2D eigenvalue weighted by Crippen LogP contribution is 2.37. The highest BCUT2D eigenvalue weighted by molar-refractivity contribution is 5.96. The lowest BCUT2D eigenvalue weighted by atomic mass is 9.96. The van der Waals surface area contributed by atoms with Crippen molar-refractivity contribution in [2.45, 2.75) is 45.1 Å². The van der Waals surface area contributed by atoms with Crippen molar-refractivity contribution in [3.05, 3.63) is 35.6 Å². The van der Waals surface area contributed by atoms with E-state index in [9.17, 15) is 4.79 Å². The van der Waals surface area contributed by atoms with Crippen LogP contribution in [0.2, 0.25) is 0 Å². The molecular weight excluding hydrogens is 296 g/mol. The Morgan fingerprint density at radius 2 is 2.22 bits per heavy atom. The molecule has 23 heavy (non-hydrogen) atoms. The van der Waals surface area contributed by atoms with E-state index in [1.165, 1.54) is 0 Å². The standard InChI is InChI=1S/C16H20N4O3/c1-3-22-14-12(7-6-10-17-14)13(21)19-16(8-4-5-9-16)15-18-11(2)23-20-15/h6-7,10H,3-5,8-9H2,1-2H3,(H,19,21). The van der Waals surface area contributed by atoms with Gasteiger partial charge in [0.15, 0.2) is 5.82 Å². The van der Waals surface area contributed by atoms with Crippen LogP contribution in [0.5, 0.6) is 5.88 Å². The van der Waals surface area contributed by atoms with Gasteiger partial charge >= 0.3 is 0 Å². The van der Waals surface area contributed by atoms with E-state index in [4.69, 9.17) is 9.26 Å². The molecule has 0 atom stereocenters. The number of ether oxygens (including phenoxy) is 1. The van der Waals surface area contributed by atoms with Gasteiger partial charge < -0.3 is 14.6 Å². The fraction of sp³-hybridized carbons (Fsp3) is 0.500. The number of hydrogen-bond acceptors (Lipinski definition) is 6. The maximum absolute atomic E-state index is 12.8. The van der Waals surface area contributed by atoms with E-state index in [2.05, 4.69) is 20.4 Å². The summed E-state index contributed by atoms with van der Waals surface area (Å²) in [6, 6.07) is 3.43. The number of aromatic nitrogens is 3. The summed E-state index contributed by atoms with van der Waals surface area (Å²) in [4.78, 5) is 21.2. The average molecular weight is 316 g/mol. The molecule has 122 valence electrons. The van der Waals surface area contributed by atoms with Gasteiger partial charge in [-0.1, -0.05) is 18.0 Å². The van der Waals surface area contributed by atoms with Crippen molar-refractivity contribution in [2.75, 3.05) is 6.61 Å². The van der Waals surface area contributed by atoms with Crippen LogP contribution in [0.3, 0.4) is 0 Å². The van der Waals surface area contributed by atoms with E-state index in [-0.39, 0.29) is 5.91 Å². The van der Waals surface area contributed by atoms with Gasteiger partial charge in [-0.15, -0.1) is 0 Å². The summed E-state index contributed by atoms with van der Waals surface area (Å²) >= 11 is 0. The molecule has 1 saturated carbocycles. The van der Waals surface area contributed by atoms with E-state index in [0.29, 0.717) is 29.8 Å². The number of hydrogen-bond donors (Lipinski definition) is 1. The number of pyridine rings is 1. The van der Waals surface area contributed by atoms with Gasteiger partial charge in [0.2, 0.25) is 11.8 Å². The number of rotatable bonds is 5. The Balaban J connectivity index is 1.88. The third-order valence-corrected chi connectivity index (χ3v) is 4.06. The lowest BCUT2D eigenvalue weighted by Crippen LogP contribution is -2.44. The maximum atomic E-state index is 12.8. The second kappa shape index (κ2) is 6.36. The molecule has 1 aliphatic rings. The quantitative estimate of drug-likeness (QED) is 0.910. The van der Waals surface area contributed by atoms with Crippen molar-refractivity contribution < 1.29 is 14.1 Å². The minimum atomic E-state index is -0.575. The highest BCUT2D eigenvalue weighted by Gasteiger charge is 2.41. The zero-order valence-electron chi connectivity index (χ0n) is 13.3. The van der Waals surface area contributed by atoms with Gasteiger partial charge in [0.05, 0.1) is 6.61 Å². The van der Waals surface area contributed by atoms with E-state index in [0.717, 1.165) is 25.7 Å². The predicted molar refractivity (Wildman–Crippen MR) is 82.1 cm³/mol. The first-order valence-corrected chi connectivity index (χ1v) is 7.86. The summed E-state index contributed by atoms with van der Waals surface area (Å²) in [5.41, 5.74) is -0.158. The minimum Gasteiger partial charge on any atom is -0.477 e. The topological polar surface area (TPSA) is 90.1 Å². The van der Waals surface area contributed by atoms with Crippen molar-refractivity contribution >= 4 is 5.91 Å². The molecular formula is C16H20N4O3. The van der Waals surface area contributed by atoms with Crippen LogP contribution in [0.15, 0.2) is 22.9 Å². The molecule has 0 bridgehead atoms. The zero-order chi connectivity index (χ0) is 16.3. The predicted octanol–water partition coefficient (Wildman–Crippen LogP) is 2.37. The Labute approximate surface area is 134 Å². The fourth-order valence-electron chi connectivity index (χ4n) is 2.98. The Hall–Kier alpha value is -2.44. The fourth-order valence-corrected chi connectivity index (χ4v) is 2.98. The number of carbonyl (C=O) groups excluding carboxylic acids is 1. The SMILES string of the molecule is CCOc1ncccc1C(=O)NC1(c2noc(C)n2)CCCC1. The van der Waals surface area contributed by atoms with Gasteiger partial charge in [0.1, 0.15) is 11.1 Å². The van der Waals surface area contributed by atoms with Gasteiger partial charge in [-0.2, -0.15) is 4.98 Å². The molecule has 7 heteroatoms. The summed E-state index contributed by atoms with van der Waals surface area (Å²) in [5.74, 6) is 1.15. The Morgan fingerprint density at radius 3 is 2.87 bits per heavy atom. The summed E-state index contributed by atoms with van der Waals surface area (Å²) in [5, 5.41) is 7.12. The van der Waals surface area contributed by atoms with E-state index < -0.39 is 5.54 Å². The van der Waals surface area contributed by atoms with Gasteiger partial charge in [-0.25, -0.2) is 4.98 Å². The summed E-state index contributed by atoms with van der Waals surface area (Å²) in [6.07, 6.45) is 5.22. The molecule has 2 aromatic heterocycles. The average Bonchev–Trinajstić information content (AvgIpc) is 3.18. The first-order chi connectivity index (χ1) is 11.1. The summed E-state index contributed by atoms with van der Waals surface area (Å²) in [7, 11) is 0. The Morgan fingerprint density at radius 1 is 1.43 bits per heavy atom. The molecule has 0 unspecified atom stereocenters. The molecule has 2 heterocycles. The summed E-state index contributed by atoms with van der Waals surface area (Å²) in [6.45, 7) is 4.05. The number of aryl methyl sites for hydroxylation is 1. The second-order valence-corrected chi connectivity index (χ2v) is 5.67. The molecule has 0 saturated heterocycles. The van der Waals surface area contributed by atoms with Crippen molar-refractivity contribution in [2.24, 2.45) is 0 Å². The third kappa shape index (κ3) is 3.04. The minimum absolute atomic E-state index is 0.231. The second-order valence-electron chi connectivity index (χ2n) is 5.67. The zero-order valence-corrected chi connectivity index (χ0v) is 13.3. The molecule has 1 fully saturated rings. The number of nitrogens with one attached hydrogen (secondary N) is 1. The van der Waals surface area contributed by atoms with Gasteiger partial charge in [0, 0.05) is 13.1 Å². The lowest BCUT2D eigenvalue weighted by molar-refractivity contribution is 0.0887. The van der Waals surface area contributed by atoms with Crippen LogP contribution in [0.1, 0.15) is 54.7 Å². The van der Waals surface area contributed by atoms with Crippen LogP contribution < -0.4 is 10.1 Å².